The average molecular weight is 243 g/mol. The lowest BCUT2D eigenvalue weighted by molar-refractivity contribution is 0.108. The van der Waals surface area contributed by atoms with Crippen molar-refractivity contribution in [2.75, 3.05) is 40.8 Å². The zero-order valence-corrected chi connectivity index (χ0v) is 11.4. The van der Waals surface area contributed by atoms with Crippen LogP contribution in [-0.2, 0) is 4.74 Å². The number of nitrogens with one attached hydrogen (secondary N) is 1. The van der Waals surface area contributed by atoms with E-state index in [0.29, 0.717) is 6.04 Å². The fraction of sp³-hybridized carbons (Fsp3) is 0.917. The van der Waals surface area contributed by atoms with Gasteiger partial charge in [-0.3, -0.25) is 0 Å². The smallest absolute Gasteiger partial charge is 0.319 e. The number of ether oxygens (including phenoxy) is 1. The van der Waals surface area contributed by atoms with Gasteiger partial charge in [0.15, 0.2) is 0 Å². The molecular weight excluding hydrogens is 218 g/mol. The van der Waals surface area contributed by atoms with E-state index >= 15 is 0 Å². The molecule has 0 radical (unpaired) electrons. The number of urea groups is 1. The molecule has 0 aromatic rings. The van der Waals surface area contributed by atoms with E-state index in [0.717, 1.165) is 32.5 Å². The Kier molecular flexibility index (Phi) is 5.71. The van der Waals surface area contributed by atoms with Gasteiger partial charge in [0.2, 0.25) is 0 Å². The average Bonchev–Trinajstić information content (AvgIpc) is 2.35. The van der Waals surface area contributed by atoms with E-state index < -0.39 is 0 Å². The SMILES string of the molecule is COC(C)CNC1CCN(C(=O)N(C)C)CC1. The molecule has 1 fully saturated rings. The summed E-state index contributed by atoms with van der Waals surface area (Å²) in [5, 5.41) is 3.48. The van der Waals surface area contributed by atoms with E-state index in [1.807, 2.05) is 4.90 Å². The molecule has 0 aromatic carbocycles. The highest BCUT2D eigenvalue weighted by molar-refractivity contribution is 5.73. The van der Waals surface area contributed by atoms with Gasteiger partial charge in [0.25, 0.3) is 0 Å². The summed E-state index contributed by atoms with van der Waals surface area (Å²) in [5.74, 6) is 0. The molecule has 1 N–H and O–H groups in total. The summed E-state index contributed by atoms with van der Waals surface area (Å²) in [6.45, 7) is 4.62. The summed E-state index contributed by atoms with van der Waals surface area (Å²) in [6.07, 6.45) is 2.29. The van der Waals surface area contributed by atoms with Gasteiger partial charge in [0.1, 0.15) is 0 Å². The lowest BCUT2D eigenvalue weighted by Gasteiger charge is -2.34. The quantitative estimate of drug-likeness (QED) is 0.793. The molecule has 1 unspecified atom stereocenters. The van der Waals surface area contributed by atoms with E-state index in [1.165, 1.54) is 0 Å². The van der Waals surface area contributed by atoms with Gasteiger partial charge in [-0.2, -0.15) is 0 Å². The number of carbonyl (C=O) groups is 1. The van der Waals surface area contributed by atoms with Gasteiger partial charge < -0.3 is 19.9 Å². The largest absolute Gasteiger partial charge is 0.380 e. The number of hydrogen-bond donors (Lipinski definition) is 1. The third-order valence-electron chi connectivity index (χ3n) is 3.24. The van der Waals surface area contributed by atoms with Crippen molar-refractivity contribution in [3.05, 3.63) is 0 Å². The first-order chi connectivity index (χ1) is 8.04. The summed E-state index contributed by atoms with van der Waals surface area (Å²) in [7, 11) is 5.32. The summed E-state index contributed by atoms with van der Waals surface area (Å²) < 4.78 is 5.20. The Morgan fingerprint density at radius 2 is 2.06 bits per heavy atom. The van der Waals surface area contributed by atoms with Crippen LogP contribution in [0.5, 0.6) is 0 Å². The normalized spacial score (nSPS) is 19.2. The number of amides is 2. The molecule has 0 aliphatic carbocycles. The molecule has 0 saturated carbocycles. The Hall–Kier alpha value is -0.810. The lowest BCUT2D eigenvalue weighted by atomic mass is 10.1. The molecule has 1 aliphatic rings. The molecule has 17 heavy (non-hydrogen) atoms. The van der Waals surface area contributed by atoms with Crippen LogP contribution in [0.3, 0.4) is 0 Å². The predicted octanol–water partition coefficient (Wildman–Crippen LogP) is 0.757. The third-order valence-corrected chi connectivity index (χ3v) is 3.24. The summed E-state index contributed by atoms with van der Waals surface area (Å²) in [5.41, 5.74) is 0. The molecule has 1 saturated heterocycles. The molecule has 1 atom stereocenters. The second-order valence-electron chi connectivity index (χ2n) is 4.89. The first-order valence-electron chi connectivity index (χ1n) is 6.27. The van der Waals surface area contributed by atoms with Crippen LogP contribution in [0.1, 0.15) is 19.8 Å². The number of carbonyl (C=O) groups excluding carboxylic acids is 1. The van der Waals surface area contributed by atoms with Gasteiger partial charge in [0.05, 0.1) is 6.10 Å². The molecule has 1 aliphatic heterocycles. The van der Waals surface area contributed by atoms with Crippen LogP contribution < -0.4 is 5.32 Å². The molecule has 1 rings (SSSR count). The second-order valence-corrected chi connectivity index (χ2v) is 4.89. The Labute approximate surface area is 104 Å². The maximum Gasteiger partial charge on any atom is 0.319 e. The molecule has 2 amide bonds. The molecule has 0 bridgehead atoms. The van der Waals surface area contributed by atoms with Crippen LogP contribution in [0.25, 0.3) is 0 Å². The summed E-state index contributed by atoms with van der Waals surface area (Å²) >= 11 is 0. The fourth-order valence-electron chi connectivity index (χ4n) is 1.97. The van der Waals surface area contributed by atoms with Gasteiger partial charge in [-0.1, -0.05) is 0 Å². The van der Waals surface area contributed by atoms with Crippen molar-refractivity contribution in [3.63, 3.8) is 0 Å². The van der Waals surface area contributed by atoms with E-state index in [4.69, 9.17) is 4.74 Å². The van der Waals surface area contributed by atoms with Crippen LogP contribution in [0.4, 0.5) is 4.79 Å². The Morgan fingerprint density at radius 1 is 1.47 bits per heavy atom. The maximum atomic E-state index is 11.7. The first-order valence-corrected chi connectivity index (χ1v) is 6.27. The number of likely N-dealkylation sites (tertiary alicyclic amines) is 1. The minimum absolute atomic E-state index is 0.119. The van der Waals surface area contributed by atoms with Gasteiger partial charge in [-0.05, 0) is 19.8 Å². The van der Waals surface area contributed by atoms with Crippen LogP contribution in [-0.4, -0.2) is 68.8 Å². The topological polar surface area (TPSA) is 44.8 Å². The lowest BCUT2D eigenvalue weighted by Crippen LogP contribution is -2.48. The summed E-state index contributed by atoms with van der Waals surface area (Å²) in [4.78, 5) is 15.3. The van der Waals surface area contributed by atoms with Crippen molar-refractivity contribution < 1.29 is 9.53 Å². The van der Waals surface area contributed by atoms with Crippen molar-refractivity contribution in [2.24, 2.45) is 0 Å². The van der Waals surface area contributed by atoms with Crippen LogP contribution in [0.15, 0.2) is 0 Å². The third kappa shape index (κ3) is 4.52. The summed E-state index contributed by atoms with van der Waals surface area (Å²) in [6, 6.07) is 0.632. The van der Waals surface area contributed by atoms with E-state index in [9.17, 15) is 4.79 Å². The van der Waals surface area contributed by atoms with Crippen LogP contribution in [0.2, 0.25) is 0 Å². The Morgan fingerprint density at radius 3 is 2.53 bits per heavy atom. The molecule has 100 valence electrons. The first kappa shape index (κ1) is 14.3. The van der Waals surface area contributed by atoms with Crippen molar-refractivity contribution in [1.82, 2.24) is 15.1 Å². The standard InChI is InChI=1S/C12H25N3O2/c1-10(17-4)9-13-11-5-7-15(8-6-11)12(16)14(2)3/h10-11,13H,5-9H2,1-4H3. The van der Waals surface area contributed by atoms with Gasteiger partial charge in [-0.25, -0.2) is 4.79 Å². The Balaban J connectivity index is 2.24. The molecule has 0 spiro atoms. The van der Waals surface area contributed by atoms with Crippen molar-refractivity contribution >= 4 is 6.03 Å². The van der Waals surface area contributed by atoms with Crippen molar-refractivity contribution in [3.8, 4) is 0 Å². The Bertz CT molecular complexity index is 238. The van der Waals surface area contributed by atoms with E-state index in [2.05, 4.69) is 12.2 Å². The monoisotopic (exact) mass is 243 g/mol. The number of methoxy groups -OCH3 is 1. The zero-order chi connectivity index (χ0) is 12.8. The highest BCUT2D eigenvalue weighted by Gasteiger charge is 2.23. The van der Waals surface area contributed by atoms with Crippen molar-refractivity contribution in [1.29, 1.82) is 0 Å². The van der Waals surface area contributed by atoms with Gasteiger partial charge in [-0.15, -0.1) is 0 Å². The minimum atomic E-state index is 0.119. The molecular formula is C12H25N3O2. The van der Waals surface area contributed by atoms with Gasteiger partial charge >= 0.3 is 6.03 Å². The number of piperidine rings is 1. The molecule has 1 heterocycles. The zero-order valence-electron chi connectivity index (χ0n) is 11.4. The predicted molar refractivity (Wildman–Crippen MR) is 68.2 cm³/mol. The van der Waals surface area contributed by atoms with Crippen molar-refractivity contribution in [2.45, 2.75) is 31.9 Å². The highest BCUT2D eigenvalue weighted by atomic mass is 16.5. The number of hydrogen-bond acceptors (Lipinski definition) is 3. The van der Waals surface area contributed by atoms with Gasteiger partial charge in [0, 0.05) is 46.9 Å². The number of rotatable bonds is 4. The second kappa shape index (κ2) is 6.81. The molecule has 0 aromatic heterocycles. The fourth-order valence-corrected chi connectivity index (χ4v) is 1.97. The van der Waals surface area contributed by atoms with Crippen LogP contribution >= 0.6 is 0 Å². The molecule has 5 heteroatoms. The van der Waals surface area contributed by atoms with Crippen LogP contribution in [0, 0.1) is 0 Å². The highest BCUT2D eigenvalue weighted by Crippen LogP contribution is 2.11. The molecule has 5 nitrogen and oxygen atoms in total. The minimum Gasteiger partial charge on any atom is -0.380 e. The maximum absolute atomic E-state index is 11.7. The van der Waals surface area contributed by atoms with E-state index in [1.54, 1.807) is 26.1 Å². The van der Waals surface area contributed by atoms with E-state index in [-0.39, 0.29) is 12.1 Å². The number of nitrogens with zero attached hydrogens (tertiary/aromatic N) is 2.